The molecule has 1 rings (SSSR count). The highest BCUT2D eigenvalue weighted by atomic mass is 16.5. The van der Waals surface area contributed by atoms with Crippen LogP contribution in [0.1, 0.15) is 12.0 Å². The first-order valence-corrected chi connectivity index (χ1v) is 5.85. The number of carbonyl (C=O) groups excluding carboxylic acids is 1. The highest BCUT2D eigenvalue weighted by molar-refractivity contribution is 5.86. The Hall–Kier alpha value is -2.50. The van der Waals surface area contributed by atoms with Crippen LogP contribution in [0.4, 0.5) is 0 Å². The minimum Gasteiger partial charge on any atom is -0.497 e. The van der Waals surface area contributed by atoms with Gasteiger partial charge in [-0.1, -0.05) is 0 Å². The van der Waals surface area contributed by atoms with Gasteiger partial charge >= 0.3 is 11.9 Å². The number of ether oxygens (including phenoxy) is 3. The van der Waals surface area contributed by atoms with E-state index in [9.17, 15) is 9.59 Å². The Bertz CT molecular complexity index is 506. The van der Waals surface area contributed by atoms with Crippen LogP contribution in [0, 0.1) is 0 Å². The second-order valence-electron chi connectivity index (χ2n) is 3.75. The Morgan fingerprint density at radius 1 is 1.30 bits per heavy atom. The molecule has 0 aromatic heterocycles. The molecule has 0 aliphatic carbocycles. The second kappa shape index (κ2) is 7.83. The number of carboxylic acids is 1. The van der Waals surface area contributed by atoms with Crippen molar-refractivity contribution >= 4 is 18.0 Å². The molecule has 1 N–H and O–H groups in total. The zero-order valence-electron chi connectivity index (χ0n) is 11.3. The third-order valence-electron chi connectivity index (χ3n) is 2.42. The van der Waals surface area contributed by atoms with E-state index in [1.54, 1.807) is 18.2 Å². The van der Waals surface area contributed by atoms with E-state index in [1.165, 1.54) is 20.3 Å². The first kappa shape index (κ1) is 15.6. The monoisotopic (exact) mass is 280 g/mol. The van der Waals surface area contributed by atoms with Gasteiger partial charge in [0.2, 0.25) is 0 Å². The summed E-state index contributed by atoms with van der Waals surface area (Å²) in [5, 5.41) is 8.63. The summed E-state index contributed by atoms with van der Waals surface area (Å²) < 4.78 is 15.0. The molecule has 6 heteroatoms. The lowest BCUT2D eigenvalue weighted by Crippen LogP contribution is -2.08. The van der Waals surface area contributed by atoms with Gasteiger partial charge < -0.3 is 19.3 Å². The van der Waals surface area contributed by atoms with E-state index in [1.807, 2.05) is 0 Å². The van der Waals surface area contributed by atoms with Crippen molar-refractivity contribution in [3.8, 4) is 11.5 Å². The van der Waals surface area contributed by atoms with Gasteiger partial charge in [-0.2, -0.15) is 0 Å². The van der Waals surface area contributed by atoms with E-state index in [4.69, 9.17) is 14.6 Å². The first-order chi connectivity index (χ1) is 9.56. The minimum absolute atomic E-state index is 0.107. The van der Waals surface area contributed by atoms with E-state index >= 15 is 0 Å². The summed E-state index contributed by atoms with van der Waals surface area (Å²) in [6, 6.07) is 4.99. The molecule has 0 spiro atoms. The number of aliphatic carboxylic acids is 1. The van der Waals surface area contributed by atoms with E-state index in [0.717, 1.165) is 6.08 Å². The molecule has 0 amide bonds. The Morgan fingerprint density at radius 3 is 2.65 bits per heavy atom. The van der Waals surface area contributed by atoms with E-state index < -0.39 is 5.97 Å². The molecule has 0 atom stereocenters. The van der Waals surface area contributed by atoms with Crippen molar-refractivity contribution in [2.75, 3.05) is 20.8 Å². The molecule has 0 aliphatic heterocycles. The largest absolute Gasteiger partial charge is 0.497 e. The molecule has 0 unspecified atom stereocenters. The van der Waals surface area contributed by atoms with Gasteiger partial charge in [0, 0.05) is 17.7 Å². The lowest BCUT2D eigenvalue weighted by molar-refractivity contribution is -0.141. The van der Waals surface area contributed by atoms with Crippen molar-refractivity contribution < 1.29 is 28.9 Å². The van der Waals surface area contributed by atoms with Crippen molar-refractivity contribution in [2.45, 2.75) is 6.42 Å². The fraction of sp³-hybridized carbons (Fsp3) is 0.286. The summed E-state index contributed by atoms with van der Waals surface area (Å²) in [6.45, 7) is 0.133. The van der Waals surface area contributed by atoms with Gasteiger partial charge in [0.25, 0.3) is 0 Å². The fourth-order valence-corrected chi connectivity index (χ4v) is 1.41. The quantitative estimate of drug-likeness (QED) is 0.605. The molecule has 0 bridgehead atoms. The number of carbonyl (C=O) groups is 2. The normalized spacial score (nSPS) is 10.3. The SMILES string of the molecule is COC(=O)CCOc1cc(OC)ccc1C=CC(=O)O. The molecule has 1 aromatic carbocycles. The zero-order valence-corrected chi connectivity index (χ0v) is 11.3. The van der Waals surface area contributed by atoms with Gasteiger partial charge in [0.15, 0.2) is 0 Å². The average molecular weight is 280 g/mol. The molecule has 108 valence electrons. The maximum absolute atomic E-state index is 11.0. The van der Waals surface area contributed by atoms with Gasteiger partial charge in [0.05, 0.1) is 27.2 Å². The topological polar surface area (TPSA) is 82.1 Å². The smallest absolute Gasteiger partial charge is 0.328 e. The molecule has 0 saturated carbocycles. The number of methoxy groups -OCH3 is 2. The van der Waals surface area contributed by atoms with Gasteiger partial charge in [-0.05, 0) is 18.2 Å². The van der Waals surface area contributed by atoms with Crippen LogP contribution in [0.3, 0.4) is 0 Å². The maximum Gasteiger partial charge on any atom is 0.328 e. The van der Waals surface area contributed by atoms with Crippen molar-refractivity contribution in [3.63, 3.8) is 0 Å². The summed E-state index contributed by atoms with van der Waals surface area (Å²) in [5.41, 5.74) is 0.582. The molecule has 0 aliphatic rings. The number of rotatable bonds is 7. The number of benzene rings is 1. The molecule has 0 heterocycles. The molecule has 0 saturated heterocycles. The van der Waals surface area contributed by atoms with Gasteiger partial charge in [-0.25, -0.2) is 4.79 Å². The summed E-state index contributed by atoms with van der Waals surface area (Å²) in [5.74, 6) is -0.423. The highest BCUT2D eigenvalue weighted by Crippen LogP contribution is 2.26. The highest BCUT2D eigenvalue weighted by Gasteiger charge is 2.06. The van der Waals surface area contributed by atoms with E-state index in [0.29, 0.717) is 17.1 Å². The molecule has 0 fully saturated rings. The van der Waals surface area contributed by atoms with Crippen LogP contribution in [0.15, 0.2) is 24.3 Å². The van der Waals surface area contributed by atoms with Crippen LogP contribution in [0.2, 0.25) is 0 Å². The lowest BCUT2D eigenvalue weighted by Gasteiger charge is -2.10. The summed E-state index contributed by atoms with van der Waals surface area (Å²) in [4.78, 5) is 21.5. The predicted octanol–water partition coefficient (Wildman–Crippen LogP) is 1.73. The second-order valence-corrected chi connectivity index (χ2v) is 3.75. The Morgan fingerprint density at radius 2 is 2.05 bits per heavy atom. The van der Waals surface area contributed by atoms with Crippen molar-refractivity contribution in [1.29, 1.82) is 0 Å². The van der Waals surface area contributed by atoms with Gasteiger partial charge in [-0.3, -0.25) is 4.79 Å². The van der Waals surface area contributed by atoms with Gasteiger partial charge in [-0.15, -0.1) is 0 Å². The van der Waals surface area contributed by atoms with Crippen molar-refractivity contribution in [3.05, 3.63) is 29.8 Å². The Balaban J connectivity index is 2.83. The van der Waals surface area contributed by atoms with Crippen LogP contribution in [0.5, 0.6) is 11.5 Å². The number of esters is 1. The zero-order chi connectivity index (χ0) is 15.0. The minimum atomic E-state index is -1.05. The number of hydrogen-bond acceptors (Lipinski definition) is 5. The number of hydrogen-bond donors (Lipinski definition) is 1. The summed E-state index contributed by atoms with van der Waals surface area (Å²) in [6.07, 6.45) is 2.53. The molecular formula is C14H16O6. The van der Waals surface area contributed by atoms with Crippen LogP contribution in [0.25, 0.3) is 6.08 Å². The van der Waals surface area contributed by atoms with Crippen LogP contribution < -0.4 is 9.47 Å². The first-order valence-electron chi connectivity index (χ1n) is 5.85. The molecule has 20 heavy (non-hydrogen) atoms. The third kappa shape index (κ3) is 5.01. The van der Waals surface area contributed by atoms with Crippen LogP contribution in [-0.2, 0) is 14.3 Å². The summed E-state index contributed by atoms with van der Waals surface area (Å²) in [7, 11) is 2.81. The third-order valence-corrected chi connectivity index (χ3v) is 2.42. The molecule has 6 nitrogen and oxygen atoms in total. The molecule has 1 aromatic rings. The standard InChI is InChI=1S/C14H16O6/c1-18-11-5-3-10(4-6-13(15)16)12(9-11)20-8-7-14(17)19-2/h3-6,9H,7-8H2,1-2H3,(H,15,16). The predicted molar refractivity (Wildman–Crippen MR) is 71.8 cm³/mol. The summed E-state index contributed by atoms with van der Waals surface area (Å²) >= 11 is 0. The fourth-order valence-electron chi connectivity index (χ4n) is 1.41. The number of carboxylic acid groups (broad SMARTS) is 1. The van der Waals surface area contributed by atoms with Crippen molar-refractivity contribution in [2.24, 2.45) is 0 Å². The Labute approximate surface area is 116 Å². The van der Waals surface area contributed by atoms with Crippen molar-refractivity contribution in [1.82, 2.24) is 0 Å². The van der Waals surface area contributed by atoms with E-state index in [-0.39, 0.29) is 19.0 Å². The van der Waals surface area contributed by atoms with Crippen LogP contribution in [-0.4, -0.2) is 37.9 Å². The van der Waals surface area contributed by atoms with E-state index in [2.05, 4.69) is 4.74 Å². The molecule has 0 radical (unpaired) electrons. The van der Waals surface area contributed by atoms with Crippen LogP contribution >= 0.6 is 0 Å². The Kier molecular flexibility index (Phi) is 6.09. The van der Waals surface area contributed by atoms with Gasteiger partial charge in [0.1, 0.15) is 11.5 Å². The average Bonchev–Trinajstić information content (AvgIpc) is 2.45. The molecular weight excluding hydrogens is 264 g/mol. The lowest BCUT2D eigenvalue weighted by atomic mass is 10.1. The maximum atomic E-state index is 11.0.